The number of nitrogens with one attached hydrogen (secondary N) is 1. The Hall–Kier alpha value is -1.83. The van der Waals surface area contributed by atoms with Crippen LogP contribution in [-0.2, 0) is 6.42 Å². The van der Waals surface area contributed by atoms with Crippen LogP contribution in [0.2, 0.25) is 0 Å². The van der Waals surface area contributed by atoms with Crippen LogP contribution < -0.4 is 5.32 Å². The second-order valence-electron chi connectivity index (χ2n) is 6.01. The molecular formula is C19H22FN. The number of aryl methyl sites for hydroxylation is 1. The molecule has 1 nitrogen and oxygen atoms in total. The quantitative estimate of drug-likeness (QED) is 0.801. The van der Waals surface area contributed by atoms with E-state index < -0.39 is 0 Å². The first kappa shape index (κ1) is 14.1. The van der Waals surface area contributed by atoms with Gasteiger partial charge in [0.25, 0.3) is 0 Å². The fourth-order valence-corrected chi connectivity index (χ4v) is 3.03. The van der Waals surface area contributed by atoms with Crippen molar-refractivity contribution in [2.45, 2.75) is 44.6 Å². The van der Waals surface area contributed by atoms with E-state index in [4.69, 9.17) is 0 Å². The van der Waals surface area contributed by atoms with Gasteiger partial charge in [-0.25, -0.2) is 4.39 Å². The molecule has 1 aliphatic carbocycles. The van der Waals surface area contributed by atoms with Gasteiger partial charge in [0, 0.05) is 11.7 Å². The van der Waals surface area contributed by atoms with E-state index in [2.05, 4.69) is 36.5 Å². The topological polar surface area (TPSA) is 12.0 Å². The summed E-state index contributed by atoms with van der Waals surface area (Å²) in [5, 5.41) is 3.58. The monoisotopic (exact) mass is 283 g/mol. The van der Waals surface area contributed by atoms with Gasteiger partial charge in [-0.1, -0.05) is 37.6 Å². The van der Waals surface area contributed by atoms with E-state index in [1.165, 1.54) is 23.2 Å². The van der Waals surface area contributed by atoms with Crippen LogP contribution in [0.3, 0.4) is 0 Å². The molecule has 0 aliphatic heterocycles. The van der Waals surface area contributed by atoms with E-state index in [0.29, 0.717) is 12.0 Å². The van der Waals surface area contributed by atoms with Crippen LogP contribution in [0.1, 0.15) is 43.2 Å². The Morgan fingerprint density at radius 2 is 1.67 bits per heavy atom. The Balaban J connectivity index is 1.51. The Kier molecular flexibility index (Phi) is 4.23. The highest BCUT2D eigenvalue weighted by Gasteiger charge is 2.30. The van der Waals surface area contributed by atoms with Gasteiger partial charge in [0.05, 0.1) is 0 Å². The Labute approximate surface area is 126 Å². The van der Waals surface area contributed by atoms with Gasteiger partial charge in [-0.15, -0.1) is 0 Å². The maximum atomic E-state index is 12.9. The lowest BCUT2D eigenvalue weighted by Crippen LogP contribution is -2.33. The minimum atomic E-state index is -0.153. The summed E-state index contributed by atoms with van der Waals surface area (Å²) >= 11 is 0. The standard InChI is InChI=1S/C19H22FN/c1-2-3-14-4-10-18(11-5-14)21-19-12-16(13-19)15-6-8-17(20)9-7-15/h4-11,16,19,21H,2-3,12-13H2,1H3. The van der Waals surface area contributed by atoms with Crippen molar-refractivity contribution < 1.29 is 4.39 Å². The summed E-state index contributed by atoms with van der Waals surface area (Å²) < 4.78 is 12.9. The van der Waals surface area contributed by atoms with Crippen LogP contribution in [0.5, 0.6) is 0 Å². The molecule has 1 aliphatic rings. The molecule has 21 heavy (non-hydrogen) atoms. The number of rotatable bonds is 5. The van der Waals surface area contributed by atoms with Crippen LogP contribution in [0.4, 0.5) is 10.1 Å². The fourth-order valence-electron chi connectivity index (χ4n) is 3.03. The molecule has 2 heteroatoms. The average molecular weight is 283 g/mol. The van der Waals surface area contributed by atoms with E-state index >= 15 is 0 Å². The van der Waals surface area contributed by atoms with E-state index in [-0.39, 0.29) is 5.82 Å². The zero-order valence-electron chi connectivity index (χ0n) is 12.5. The Bertz CT molecular complexity index is 568. The number of benzene rings is 2. The molecule has 2 aromatic carbocycles. The fraction of sp³-hybridized carbons (Fsp3) is 0.368. The van der Waals surface area contributed by atoms with Crippen LogP contribution in [0.25, 0.3) is 0 Å². The van der Waals surface area contributed by atoms with Gasteiger partial charge < -0.3 is 5.32 Å². The van der Waals surface area contributed by atoms with Crippen LogP contribution >= 0.6 is 0 Å². The largest absolute Gasteiger partial charge is 0.382 e. The first-order valence-corrected chi connectivity index (χ1v) is 7.85. The van der Waals surface area contributed by atoms with Crippen molar-refractivity contribution in [3.05, 3.63) is 65.5 Å². The molecule has 0 spiro atoms. The molecule has 0 atom stereocenters. The van der Waals surface area contributed by atoms with Gasteiger partial charge in [-0.2, -0.15) is 0 Å². The van der Waals surface area contributed by atoms with Crippen molar-refractivity contribution in [2.75, 3.05) is 5.32 Å². The van der Waals surface area contributed by atoms with E-state index in [9.17, 15) is 4.39 Å². The van der Waals surface area contributed by atoms with Gasteiger partial charge in [0.15, 0.2) is 0 Å². The molecule has 1 N–H and O–H groups in total. The molecule has 0 heterocycles. The molecule has 0 radical (unpaired) electrons. The molecule has 1 saturated carbocycles. The van der Waals surface area contributed by atoms with Crippen molar-refractivity contribution in [1.29, 1.82) is 0 Å². The van der Waals surface area contributed by atoms with Crippen molar-refractivity contribution in [1.82, 2.24) is 0 Å². The van der Waals surface area contributed by atoms with Crippen molar-refractivity contribution in [3.63, 3.8) is 0 Å². The molecule has 0 unspecified atom stereocenters. The predicted molar refractivity (Wildman–Crippen MR) is 86.2 cm³/mol. The van der Waals surface area contributed by atoms with Gasteiger partial charge in [-0.3, -0.25) is 0 Å². The normalized spacial score (nSPS) is 20.9. The maximum absolute atomic E-state index is 12.9. The number of anilines is 1. The summed E-state index contributed by atoms with van der Waals surface area (Å²) in [5.41, 5.74) is 3.87. The van der Waals surface area contributed by atoms with Gasteiger partial charge in [-0.05, 0) is 60.6 Å². The number of hydrogen-bond donors (Lipinski definition) is 1. The Morgan fingerprint density at radius 1 is 1.00 bits per heavy atom. The highest BCUT2D eigenvalue weighted by molar-refractivity contribution is 5.46. The number of hydrogen-bond acceptors (Lipinski definition) is 1. The summed E-state index contributed by atoms with van der Waals surface area (Å²) in [6.07, 6.45) is 4.59. The summed E-state index contributed by atoms with van der Waals surface area (Å²) in [7, 11) is 0. The summed E-state index contributed by atoms with van der Waals surface area (Å²) in [6.45, 7) is 2.20. The Morgan fingerprint density at radius 3 is 2.29 bits per heavy atom. The van der Waals surface area contributed by atoms with E-state index in [0.717, 1.165) is 19.3 Å². The molecule has 0 aromatic heterocycles. The van der Waals surface area contributed by atoms with Crippen LogP contribution in [0.15, 0.2) is 48.5 Å². The van der Waals surface area contributed by atoms with E-state index in [1.807, 2.05) is 12.1 Å². The summed E-state index contributed by atoms with van der Waals surface area (Å²) in [4.78, 5) is 0. The molecule has 110 valence electrons. The zero-order chi connectivity index (χ0) is 14.7. The van der Waals surface area contributed by atoms with E-state index in [1.54, 1.807) is 12.1 Å². The SMILES string of the molecule is CCCc1ccc(NC2CC(c3ccc(F)cc3)C2)cc1. The summed E-state index contributed by atoms with van der Waals surface area (Å²) in [5.74, 6) is 0.419. The van der Waals surface area contributed by atoms with Crippen molar-refractivity contribution >= 4 is 5.69 Å². The van der Waals surface area contributed by atoms with Crippen LogP contribution in [0, 0.1) is 5.82 Å². The highest BCUT2D eigenvalue weighted by atomic mass is 19.1. The van der Waals surface area contributed by atoms with Gasteiger partial charge in [0.2, 0.25) is 0 Å². The lowest BCUT2D eigenvalue weighted by molar-refractivity contribution is 0.374. The van der Waals surface area contributed by atoms with Gasteiger partial charge in [0.1, 0.15) is 5.82 Å². The minimum absolute atomic E-state index is 0.153. The molecule has 0 bridgehead atoms. The lowest BCUT2D eigenvalue weighted by Gasteiger charge is -2.37. The molecule has 0 saturated heterocycles. The first-order chi connectivity index (χ1) is 10.2. The third-order valence-corrected chi connectivity index (χ3v) is 4.34. The maximum Gasteiger partial charge on any atom is 0.123 e. The average Bonchev–Trinajstić information content (AvgIpc) is 2.46. The zero-order valence-corrected chi connectivity index (χ0v) is 12.5. The first-order valence-electron chi connectivity index (χ1n) is 7.85. The lowest BCUT2D eigenvalue weighted by atomic mass is 9.76. The molecule has 1 fully saturated rings. The second-order valence-corrected chi connectivity index (χ2v) is 6.01. The molecule has 3 rings (SSSR count). The molecular weight excluding hydrogens is 261 g/mol. The third-order valence-electron chi connectivity index (χ3n) is 4.34. The van der Waals surface area contributed by atoms with Crippen molar-refractivity contribution in [2.24, 2.45) is 0 Å². The van der Waals surface area contributed by atoms with Crippen LogP contribution in [-0.4, -0.2) is 6.04 Å². The van der Waals surface area contributed by atoms with Crippen molar-refractivity contribution in [3.8, 4) is 0 Å². The minimum Gasteiger partial charge on any atom is -0.382 e. The van der Waals surface area contributed by atoms with Gasteiger partial charge >= 0.3 is 0 Å². The predicted octanol–water partition coefficient (Wildman–Crippen LogP) is 5.14. The molecule has 2 aromatic rings. The number of halogens is 1. The smallest absolute Gasteiger partial charge is 0.123 e. The summed E-state index contributed by atoms with van der Waals surface area (Å²) in [6, 6.07) is 16.3. The molecule has 0 amide bonds. The second kappa shape index (κ2) is 6.30. The third kappa shape index (κ3) is 3.44. The highest BCUT2D eigenvalue weighted by Crippen LogP contribution is 2.38.